The molecule has 3 aromatic heterocycles. The molecule has 0 atom stereocenters. The second-order valence-corrected chi connectivity index (χ2v) is 11.7. The third-order valence-corrected chi connectivity index (χ3v) is 8.79. The van der Waals surface area contributed by atoms with Gasteiger partial charge in [-0.15, -0.1) is 0 Å². The third kappa shape index (κ3) is 5.53. The van der Waals surface area contributed by atoms with Crippen molar-refractivity contribution >= 4 is 39.0 Å². The fraction of sp³-hybridized carbons (Fsp3) is 0.0238. The Balaban J connectivity index is 0.00000112. The maximum Gasteiger partial charge on any atom is 0.115 e. The van der Waals surface area contributed by atoms with Crippen molar-refractivity contribution in [2.24, 2.45) is 4.99 Å². The summed E-state index contributed by atoms with van der Waals surface area (Å²) in [6.07, 6.45) is 15.8. The second-order valence-electron chi connectivity index (χ2n) is 11.7. The molecule has 0 saturated carbocycles. The molecule has 7 heteroatoms. The highest BCUT2D eigenvalue weighted by atomic mass is 14.8. The SMILES string of the molecule is C=NC.c1ncc(-c2ccc(-c3ccc4ccc5ccc(-c6cc(-c7cncnc7)cc(-c7cncnc7)c6)c6ccc3c4c56)cc2)cn1. The zero-order chi connectivity index (χ0) is 33.2. The van der Waals surface area contributed by atoms with Gasteiger partial charge < -0.3 is 4.99 Å². The number of benzene rings is 6. The Kier molecular flexibility index (Phi) is 7.76. The number of rotatable bonds is 5. The summed E-state index contributed by atoms with van der Waals surface area (Å²) in [5.74, 6) is 0. The first kappa shape index (κ1) is 29.7. The molecule has 0 spiro atoms. The molecular formula is C42H29N7. The highest BCUT2D eigenvalue weighted by Gasteiger charge is 2.16. The van der Waals surface area contributed by atoms with E-state index in [2.05, 4.69) is 133 Å². The Morgan fingerprint density at radius 2 is 0.735 bits per heavy atom. The quantitative estimate of drug-likeness (QED) is 0.139. The molecule has 9 rings (SSSR count). The lowest BCUT2D eigenvalue weighted by molar-refractivity contribution is 1.17. The van der Waals surface area contributed by atoms with Crippen molar-refractivity contribution in [2.45, 2.75) is 0 Å². The lowest BCUT2D eigenvalue weighted by Crippen LogP contribution is -1.91. The topological polar surface area (TPSA) is 89.7 Å². The van der Waals surface area contributed by atoms with Crippen LogP contribution < -0.4 is 0 Å². The molecule has 0 amide bonds. The predicted molar refractivity (Wildman–Crippen MR) is 200 cm³/mol. The van der Waals surface area contributed by atoms with Crippen LogP contribution in [0, 0.1) is 0 Å². The molecule has 0 aliphatic carbocycles. The normalized spacial score (nSPS) is 11.0. The van der Waals surface area contributed by atoms with Crippen molar-refractivity contribution in [3.63, 3.8) is 0 Å². The van der Waals surface area contributed by atoms with Crippen molar-refractivity contribution in [3.8, 4) is 55.6 Å². The van der Waals surface area contributed by atoms with Gasteiger partial charge in [0.2, 0.25) is 0 Å². The lowest BCUT2D eigenvalue weighted by Gasteiger charge is -2.17. The van der Waals surface area contributed by atoms with E-state index in [0.29, 0.717) is 0 Å². The van der Waals surface area contributed by atoms with Crippen LogP contribution in [0.5, 0.6) is 0 Å². The molecule has 0 saturated heterocycles. The van der Waals surface area contributed by atoms with E-state index in [4.69, 9.17) is 0 Å². The van der Waals surface area contributed by atoms with E-state index < -0.39 is 0 Å². The van der Waals surface area contributed by atoms with Crippen LogP contribution in [-0.4, -0.2) is 43.7 Å². The Morgan fingerprint density at radius 1 is 0.388 bits per heavy atom. The summed E-state index contributed by atoms with van der Waals surface area (Å²) in [5, 5.41) is 7.44. The van der Waals surface area contributed by atoms with Crippen LogP contribution in [0.1, 0.15) is 0 Å². The van der Waals surface area contributed by atoms with E-state index in [1.807, 2.05) is 37.2 Å². The molecule has 0 aliphatic heterocycles. The Bertz CT molecular complexity index is 2500. The zero-order valence-corrected chi connectivity index (χ0v) is 26.7. The van der Waals surface area contributed by atoms with E-state index in [0.717, 1.165) is 38.9 Å². The van der Waals surface area contributed by atoms with Gasteiger partial charge in [0.15, 0.2) is 0 Å². The fourth-order valence-electron chi connectivity index (χ4n) is 6.61. The molecule has 232 valence electrons. The summed E-state index contributed by atoms with van der Waals surface area (Å²) >= 11 is 0. The minimum Gasteiger partial charge on any atom is -0.304 e. The first-order valence-electron chi connectivity index (χ1n) is 15.8. The zero-order valence-electron chi connectivity index (χ0n) is 26.7. The van der Waals surface area contributed by atoms with Crippen molar-refractivity contribution in [1.82, 2.24) is 29.9 Å². The van der Waals surface area contributed by atoms with Crippen LogP contribution in [0.2, 0.25) is 0 Å². The highest BCUT2D eigenvalue weighted by Crippen LogP contribution is 2.43. The van der Waals surface area contributed by atoms with Gasteiger partial charge in [-0.05, 0) is 96.2 Å². The molecule has 7 nitrogen and oxygen atoms in total. The van der Waals surface area contributed by atoms with E-state index in [1.54, 1.807) is 26.0 Å². The van der Waals surface area contributed by atoms with Gasteiger partial charge in [-0.1, -0.05) is 72.8 Å². The van der Waals surface area contributed by atoms with Gasteiger partial charge >= 0.3 is 0 Å². The molecule has 0 unspecified atom stereocenters. The van der Waals surface area contributed by atoms with Crippen LogP contribution in [-0.2, 0) is 0 Å². The minimum absolute atomic E-state index is 0.954. The van der Waals surface area contributed by atoms with Gasteiger partial charge in [0.1, 0.15) is 19.0 Å². The molecule has 0 aliphatic rings. The average molecular weight is 632 g/mol. The van der Waals surface area contributed by atoms with Gasteiger partial charge in [-0.3, -0.25) is 0 Å². The van der Waals surface area contributed by atoms with Crippen LogP contribution in [0.4, 0.5) is 0 Å². The molecule has 6 aromatic carbocycles. The summed E-state index contributed by atoms with van der Waals surface area (Å²) in [4.78, 5) is 28.7. The minimum atomic E-state index is 0.954. The first-order chi connectivity index (χ1) is 24.2. The van der Waals surface area contributed by atoms with Crippen molar-refractivity contribution < 1.29 is 0 Å². The summed E-state index contributed by atoms with van der Waals surface area (Å²) in [6.45, 7) is 3.11. The molecule has 49 heavy (non-hydrogen) atoms. The average Bonchev–Trinajstić information content (AvgIpc) is 3.18. The summed E-state index contributed by atoms with van der Waals surface area (Å²) in [7, 11) is 1.64. The molecule has 9 aromatic rings. The van der Waals surface area contributed by atoms with Crippen molar-refractivity contribution in [3.05, 3.63) is 147 Å². The van der Waals surface area contributed by atoms with E-state index in [-0.39, 0.29) is 0 Å². The van der Waals surface area contributed by atoms with Crippen LogP contribution in [0.15, 0.2) is 152 Å². The Hall–Kier alpha value is -6.73. The standard InChI is InChI=1S/C40H24N6.C2H5N/c1-3-26(4-2-25(1)32-16-41-22-42-17-32)35-9-7-27-5-6-28-8-10-36(38-12-11-37(35)39(27)40(28)38)31-14-29(33-18-43-23-44-19-33)13-30(15-31)34-20-45-24-46-21-34;1-3-2/h1-24H;1H2,2H3. The number of hydrogen-bond acceptors (Lipinski definition) is 7. The molecule has 0 fully saturated rings. The fourth-order valence-corrected chi connectivity index (χ4v) is 6.61. The predicted octanol–water partition coefficient (Wildman–Crippen LogP) is 9.61. The van der Waals surface area contributed by atoms with Crippen LogP contribution in [0.3, 0.4) is 0 Å². The lowest BCUT2D eigenvalue weighted by atomic mass is 9.86. The van der Waals surface area contributed by atoms with E-state index >= 15 is 0 Å². The highest BCUT2D eigenvalue weighted by molar-refractivity contribution is 6.27. The number of aromatic nitrogens is 6. The Morgan fingerprint density at radius 3 is 1.18 bits per heavy atom. The van der Waals surface area contributed by atoms with Crippen LogP contribution in [0.25, 0.3) is 88.0 Å². The smallest absolute Gasteiger partial charge is 0.115 e. The summed E-state index contributed by atoms with van der Waals surface area (Å²) < 4.78 is 0. The second kappa shape index (κ2) is 12.8. The molecule has 0 bridgehead atoms. The van der Waals surface area contributed by atoms with Gasteiger partial charge in [-0.25, -0.2) is 29.9 Å². The summed E-state index contributed by atoms with van der Waals surface area (Å²) in [5.41, 5.74) is 10.7. The maximum atomic E-state index is 4.28. The van der Waals surface area contributed by atoms with E-state index in [9.17, 15) is 0 Å². The van der Waals surface area contributed by atoms with Crippen molar-refractivity contribution in [2.75, 3.05) is 7.05 Å². The summed E-state index contributed by atoms with van der Waals surface area (Å²) in [6, 6.07) is 33.2. The molecule has 0 N–H and O–H groups in total. The maximum absolute atomic E-state index is 4.28. The monoisotopic (exact) mass is 631 g/mol. The largest absolute Gasteiger partial charge is 0.304 e. The van der Waals surface area contributed by atoms with Gasteiger partial charge in [0.05, 0.1) is 0 Å². The number of aliphatic imine (C=N–C) groups is 1. The molecular weight excluding hydrogens is 603 g/mol. The van der Waals surface area contributed by atoms with Gasteiger partial charge in [-0.2, -0.15) is 0 Å². The van der Waals surface area contributed by atoms with Gasteiger partial charge in [0, 0.05) is 60.9 Å². The molecule has 0 radical (unpaired) electrons. The van der Waals surface area contributed by atoms with E-state index in [1.165, 1.54) is 49.0 Å². The molecule has 3 heterocycles. The van der Waals surface area contributed by atoms with Crippen molar-refractivity contribution in [1.29, 1.82) is 0 Å². The number of hydrogen-bond donors (Lipinski definition) is 0. The van der Waals surface area contributed by atoms with Gasteiger partial charge in [0.25, 0.3) is 0 Å². The number of nitrogens with zero attached hydrogens (tertiary/aromatic N) is 7. The van der Waals surface area contributed by atoms with Crippen LogP contribution >= 0.6 is 0 Å². The Labute approximate surface area is 283 Å². The third-order valence-electron chi connectivity index (χ3n) is 8.79. The first-order valence-corrected chi connectivity index (χ1v) is 15.8.